The van der Waals surface area contributed by atoms with Crippen LogP contribution in [0, 0.1) is 5.92 Å². The molecule has 3 heterocycles. The smallest absolute Gasteiger partial charge is 0.0883 e. The van der Waals surface area contributed by atoms with Gasteiger partial charge in [-0.1, -0.05) is 6.07 Å². The number of piperidine rings is 1. The molecule has 118 valence electrons. The lowest BCUT2D eigenvalue weighted by atomic mass is 9.91. The molecule has 0 bridgehead atoms. The van der Waals surface area contributed by atoms with Crippen LogP contribution in [-0.2, 0) is 6.42 Å². The fourth-order valence-electron chi connectivity index (χ4n) is 3.22. The van der Waals surface area contributed by atoms with Crippen LogP contribution < -0.4 is 0 Å². The molecule has 1 aliphatic heterocycles. The van der Waals surface area contributed by atoms with E-state index in [1.54, 1.807) is 0 Å². The normalized spacial score (nSPS) is 17.3. The van der Waals surface area contributed by atoms with Gasteiger partial charge in [0.05, 0.1) is 11.4 Å². The third kappa shape index (κ3) is 3.38. The number of pyridine rings is 1. The minimum absolute atomic E-state index is 0.353. The number of aromatic nitrogens is 3. The molecule has 2 aromatic rings. The molecule has 0 atom stereocenters. The minimum atomic E-state index is 0.353. The number of rotatable bonds is 4. The van der Waals surface area contributed by atoms with Crippen LogP contribution in [0.1, 0.15) is 38.3 Å². The van der Waals surface area contributed by atoms with Crippen molar-refractivity contribution in [2.75, 3.05) is 20.1 Å². The van der Waals surface area contributed by atoms with Crippen molar-refractivity contribution in [3.05, 3.63) is 36.2 Å². The van der Waals surface area contributed by atoms with Crippen LogP contribution in [0.5, 0.6) is 0 Å². The Labute approximate surface area is 133 Å². The molecule has 3 rings (SSSR count). The maximum absolute atomic E-state index is 4.67. The quantitative estimate of drug-likeness (QED) is 0.867. The van der Waals surface area contributed by atoms with Crippen molar-refractivity contribution in [1.82, 2.24) is 19.7 Å². The largest absolute Gasteiger partial charge is 0.306 e. The molecule has 0 spiro atoms. The number of hydrogen-bond acceptors (Lipinski definition) is 3. The van der Waals surface area contributed by atoms with E-state index in [0.717, 1.165) is 23.7 Å². The predicted molar refractivity (Wildman–Crippen MR) is 89.8 cm³/mol. The second-order valence-electron chi connectivity index (χ2n) is 6.76. The molecular formula is C18H26N4. The Morgan fingerprint density at radius 1 is 1.18 bits per heavy atom. The van der Waals surface area contributed by atoms with E-state index in [1.165, 1.54) is 31.5 Å². The lowest BCUT2D eigenvalue weighted by molar-refractivity contribution is 0.219. The molecule has 0 amide bonds. The fraction of sp³-hybridized carbons (Fsp3) is 0.556. The lowest BCUT2D eigenvalue weighted by Gasteiger charge is -2.28. The standard InChI is InChI=1S/C18H26N4/c1-14(2)22-18(6-9-20-22)17-5-4-16(13-19-17)12-15-7-10-21(3)11-8-15/h4-6,9,13-15H,7-8,10-12H2,1-3H3. The first-order chi connectivity index (χ1) is 10.6. The Morgan fingerprint density at radius 3 is 2.59 bits per heavy atom. The molecule has 22 heavy (non-hydrogen) atoms. The predicted octanol–water partition coefficient (Wildman–Crippen LogP) is 3.41. The Kier molecular flexibility index (Phi) is 4.57. The van der Waals surface area contributed by atoms with Gasteiger partial charge in [0.15, 0.2) is 0 Å². The van der Waals surface area contributed by atoms with Gasteiger partial charge < -0.3 is 4.90 Å². The molecule has 0 unspecified atom stereocenters. The van der Waals surface area contributed by atoms with Gasteiger partial charge in [0.1, 0.15) is 0 Å². The monoisotopic (exact) mass is 298 g/mol. The third-order valence-electron chi connectivity index (χ3n) is 4.61. The summed E-state index contributed by atoms with van der Waals surface area (Å²) in [5.41, 5.74) is 3.47. The molecule has 4 nitrogen and oxygen atoms in total. The average molecular weight is 298 g/mol. The molecule has 1 aliphatic rings. The topological polar surface area (TPSA) is 34.0 Å². The summed E-state index contributed by atoms with van der Waals surface area (Å²) in [5.74, 6) is 0.810. The summed E-state index contributed by atoms with van der Waals surface area (Å²) in [6, 6.07) is 6.77. The summed E-state index contributed by atoms with van der Waals surface area (Å²) in [6.45, 7) is 6.74. The molecule has 1 fully saturated rings. The summed E-state index contributed by atoms with van der Waals surface area (Å²) in [7, 11) is 2.21. The number of hydrogen-bond donors (Lipinski definition) is 0. The van der Waals surface area contributed by atoms with Gasteiger partial charge in [0, 0.05) is 18.4 Å². The van der Waals surface area contributed by atoms with E-state index < -0.39 is 0 Å². The van der Waals surface area contributed by atoms with Gasteiger partial charge in [0.25, 0.3) is 0 Å². The molecule has 0 aliphatic carbocycles. The molecule has 4 heteroatoms. The Morgan fingerprint density at radius 2 is 1.95 bits per heavy atom. The summed E-state index contributed by atoms with van der Waals surface area (Å²) >= 11 is 0. The number of nitrogens with zero attached hydrogens (tertiary/aromatic N) is 4. The van der Waals surface area contributed by atoms with Gasteiger partial charge in [-0.25, -0.2) is 0 Å². The van der Waals surface area contributed by atoms with Crippen LogP contribution in [0.15, 0.2) is 30.6 Å². The number of likely N-dealkylation sites (tertiary alicyclic amines) is 1. The first-order valence-corrected chi connectivity index (χ1v) is 8.31. The van der Waals surface area contributed by atoms with Crippen molar-refractivity contribution >= 4 is 0 Å². The van der Waals surface area contributed by atoms with Crippen molar-refractivity contribution in [3.8, 4) is 11.4 Å². The van der Waals surface area contributed by atoms with Gasteiger partial charge in [-0.3, -0.25) is 9.67 Å². The second-order valence-corrected chi connectivity index (χ2v) is 6.76. The molecule has 0 saturated carbocycles. The summed E-state index contributed by atoms with van der Waals surface area (Å²) in [6.07, 6.45) is 7.66. The third-order valence-corrected chi connectivity index (χ3v) is 4.61. The highest BCUT2D eigenvalue weighted by Gasteiger charge is 2.17. The van der Waals surface area contributed by atoms with Crippen LogP contribution in [-0.4, -0.2) is 39.8 Å². The van der Waals surface area contributed by atoms with Crippen LogP contribution in [0.25, 0.3) is 11.4 Å². The van der Waals surface area contributed by atoms with E-state index in [9.17, 15) is 0 Å². The molecule has 0 radical (unpaired) electrons. The SMILES string of the molecule is CC(C)n1nccc1-c1ccc(CC2CCN(C)CC2)cn1. The fourth-order valence-corrected chi connectivity index (χ4v) is 3.22. The van der Waals surface area contributed by atoms with Crippen molar-refractivity contribution in [2.24, 2.45) is 5.92 Å². The highest BCUT2D eigenvalue weighted by molar-refractivity contribution is 5.54. The Hall–Kier alpha value is -1.68. The van der Waals surface area contributed by atoms with Gasteiger partial charge >= 0.3 is 0 Å². The van der Waals surface area contributed by atoms with Crippen LogP contribution in [0.3, 0.4) is 0 Å². The van der Waals surface area contributed by atoms with Crippen molar-refractivity contribution in [1.29, 1.82) is 0 Å². The molecule has 1 saturated heterocycles. The highest BCUT2D eigenvalue weighted by Crippen LogP contribution is 2.23. The van der Waals surface area contributed by atoms with Crippen molar-refractivity contribution in [2.45, 2.75) is 39.2 Å². The van der Waals surface area contributed by atoms with Crippen LogP contribution in [0.4, 0.5) is 0 Å². The zero-order valence-corrected chi connectivity index (χ0v) is 13.9. The van der Waals surface area contributed by atoms with E-state index in [-0.39, 0.29) is 0 Å². The van der Waals surface area contributed by atoms with Crippen molar-refractivity contribution in [3.63, 3.8) is 0 Å². The minimum Gasteiger partial charge on any atom is -0.306 e. The van der Waals surface area contributed by atoms with E-state index in [1.807, 2.05) is 23.1 Å². The summed E-state index contributed by atoms with van der Waals surface area (Å²) in [5, 5.41) is 4.39. The molecule has 0 N–H and O–H groups in total. The zero-order chi connectivity index (χ0) is 15.5. The van der Waals surface area contributed by atoms with Crippen LogP contribution in [0.2, 0.25) is 0 Å². The molecule has 2 aromatic heterocycles. The van der Waals surface area contributed by atoms with Crippen molar-refractivity contribution < 1.29 is 0 Å². The maximum Gasteiger partial charge on any atom is 0.0883 e. The Balaban J connectivity index is 1.69. The highest BCUT2D eigenvalue weighted by atomic mass is 15.3. The first kappa shape index (κ1) is 15.2. The summed E-state index contributed by atoms with van der Waals surface area (Å²) in [4.78, 5) is 7.09. The van der Waals surface area contributed by atoms with Gasteiger partial charge in [0.2, 0.25) is 0 Å². The van der Waals surface area contributed by atoms with Gasteiger partial charge in [-0.05, 0) is 76.9 Å². The maximum atomic E-state index is 4.67. The van der Waals surface area contributed by atoms with Crippen LogP contribution >= 0.6 is 0 Å². The first-order valence-electron chi connectivity index (χ1n) is 8.31. The van der Waals surface area contributed by atoms with Gasteiger partial charge in [-0.15, -0.1) is 0 Å². The van der Waals surface area contributed by atoms with Gasteiger partial charge in [-0.2, -0.15) is 5.10 Å². The van der Waals surface area contributed by atoms with E-state index >= 15 is 0 Å². The average Bonchev–Trinajstić information content (AvgIpc) is 3.00. The van der Waals surface area contributed by atoms with E-state index in [2.05, 4.69) is 48.0 Å². The van der Waals surface area contributed by atoms with E-state index in [4.69, 9.17) is 0 Å². The summed E-state index contributed by atoms with van der Waals surface area (Å²) < 4.78 is 2.03. The molecule has 0 aromatic carbocycles. The lowest BCUT2D eigenvalue weighted by Crippen LogP contribution is -2.30. The molecular weight excluding hydrogens is 272 g/mol. The van der Waals surface area contributed by atoms with E-state index in [0.29, 0.717) is 6.04 Å². The zero-order valence-electron chi connectivity index (χ0n) is 13.9. The Bertz CT molecular complexity index is 592. The second kappa shape index (κ2) is 6.61.